The Morgan fingerprint density at radius 2 is 2.08 bits per heavy atom. The predicted octanol–water partition coefficient (Wildman–Crippen LogP) is 5.22. The first-order valence-corrected chi connectivity index (χ1v) is 9.80. The minimum atomic E-state index is -0.378. The Labute approximate surface area is 153 Å². The number of nitrogens with zero attached hydrogens (tertiary/aromatic N) is 1. The fourth-order valence-electron chi connectivity index (χ4n) is 4.54. The third-order valence-corrected chi connectivity index (χ3v) is 6.56. The van der Waals surface area contributed by atoms with Gasteiger partial charge in [-0.1, -0.05) is 50.6 Å². The molecule has 0 amide bonds. The van der Waals surface area contributed by atoms with Crippen LogP contribution < -0.4 is 5.32 Å². The summed E-state index contributed by atoms with van der Waals surface area (Å²) in [6.07, 6.45) is 2.35. The van der Waals surface area contributed by atoms with Crippen molar-refractivity contribution < 1.29 is 4.79 Å². The normalized spacial score (nSPS) is 24.6. The molecule has 0 bridgehead atoms. The zero-order valence-electron chi connectivity index (χ0n) is 15.3. The summed E-state index contributed by atoms with van der Waals surface area (Å²) in [5.74, 6) is 1.21. The van der Waals surface area contributed by atoms with E-state index in [-0.39, 0.29) is 16.6 Å². The molecule has 4 rings (SSSR count). The number of aromatic nitrogens is 1. The first-order valence-electron chi connectivity index (χ1n) is 8.92. The van der Waals surface area contributed by atoms with E-state index in [1.807, 2.05) is 5.51 Å². The van der Waals surface area contributed by atoms with Gasteiger partial charge in [-0.3, -0.25) is 4.79 Å². The van der Waals surface area contributed by atoms with Gasteiger partial charge >= 0.3 is 0 Å². The molecule has 1 aliphatic carbocycles. The highest BCUT2D eigenvalue weighted by molar-refractivity contribution is 7.10. The summed E-state index contributed by atoms with van der Waals surface area (Å²) < 4.78 is 0. The lowest BCUT2D eigenvalue weighted by Crippen LogP contribution is -2.43. The van der Waals surface area contributed by atoms with Crippen LogP contribution in [-0.2, 0) is 10.2 Å². The molecule has 1 N–H and O–H groups in total. The van der Waals surface area contributed by atoms with Crippen molar-refractivity contribution in [3.05, 3.63) is 57.1 Å². The number of allylic oxidation sites excluding steroid dienone is 2. The van der Waals surface area contributed by atoms with Crippen LogP contribution in [0.4, 0.5) is 5.82 Å². The topological polar surface area (TPSA) is 42.0 Å². The molecule has 1 aliphatic heterocycles. The summed E-state index contributed by atoms with van der Waals surface area (Å²) in [4.78, 5) is 19.0. The summed E-state index contributed by atoms with van der Waals surface area (Å²) in [6.45, 7) is 8.65. The third-order valence-electron chi connectivity index (χ3n) is 5.57. The van der Waals surface area contributed by atoms with E-state index in [9.17, 15) is 4.79 Å². The number of ketones is 1. The van der Waals surface area contributed by atoms with Crippen LogP contribution >= 0.6 is 11.3 Å². The van der Waals surface area contributed by atoms with Gasteiger partial charge in [-0.2, -0.15) is 0 Å². The molecule has 2 aromatic rings. The monoisotopic (exact) mass is 352 g/mol. The predicted molar refractivity (Wildman–Crippen MR) is 103 cm³/mol. The van der Waals surface area contributed by atoms with E-state index in [0.717, 1.165) is 29.9 Å². The summed E-state index contributed by atoms with van der Waals surface area (Å²) in [5.41, 5.74) is 5.98. The lowest BCUT2D eigenvalue weighted by molar-refractivity contribution is -0.118. The molecule has 130 valence electrons. The highest BCUT2D eigenvalue weighted by Gasteiger charge is 2.50. The number of hydrogen-bond acceptors (Lipinski definition) is 4. The van der Waals surface area contributed by atoms with E-state index in [0.29, 0.717) is 6.42 Å². The van der Waals surface area contributed by atoms with Crippen LogP contribution in [0.5, 0.6) is 0 Å². The van der Waals surface area contributed by atoms with Gasteiger partial charge in [-0.05, 0) is 30.7 Å². The summed E-state index contributed by atoms with van der Waals surface area (Å²) >= 11 is 1.66. The first kappa shape index (κ1) is 16.5. The molecule has 1 aromatic heterocycles. The third kappa shape index (κ3) is 2.38. The van der Waals surface area contributed by atoms with Crippen molar-refractivity contribution in [3.8, 4) is 0 Å². The molecule has 0 fully saturated rings. The number of nitrogens with one attached hydrogen (secondary N) is 1. The Kier molecular flexibility index (Phi) is 3.66. The van der Waals surface area contributed by atoms with Crippen LogP contribution in [0.15, 0.2) is 41.0 Å². The smallest absolute Gasteiger partial charge is 0.162 e. The molecule has 0 saturated carbocycles. The van der Waals surface area contributed by atoms with Crippen LogP contribution in [0.25, 0.3) is 0 Å². The fraction of sp³-hybridized carbons (Fsp3) is 0.429. The van der Waals surface area contributed by atoms with Gasteiger partial charge in [0.1, 0.15) is 5.82 Å². The SMILES string of the molecule is CC[C@@]1(c2cccc(C)c2)C2=C(CC(C)(C)CC2=O)Nc2ncsc21. The Bertz CT molecular complexity index is 893. The molecule has 3 nitrogen and oxygen atoms in total. The number of fused-ring (bicyclic) bond motifs is 1. The van der Waals surface area contributed by atoms with Gasteiger partial charge in [-0.25, -0.2) is 4.98 Å². The summed E-state index contributed by atoms with van der Waals surface area (Å²) in [7, 11) is 0. The highest BCUT2D eigenvalue weighted by Crippen LogP contribution is 2.55. The minimum Gasteiger partial charge on any atom is -0.342 e. The van der Waals surface area contributed by atoms with Crippen molar-refractivity contribution in [1.29, 1.82) is 0 Å². The van der Waals surface area contributed by atoms with Gasteiger partial charge in [0, 0.05) is 17.7 Å². The summed E-state index contributed by atoms with van der Waals surface area (Å²) in [6, 6.07) is 8.61. The second kappa shape index (κ2) is 5.53. The number of hydrogen-bond donors (Lipinski definition) is 1. The van der Waals surface area contributed by atoms with Crippen LogP contribution in [0.1, 0.15) is 56.0 Å². The molecule has 1 aromatic carbocycles. The number of carbonyl (C=O) groups excluding carboxylic acids is 1. The van der Waals surface area contributed by atoms with Crippen LogP contribution in [0.3, 0.4) is 0 Å². The molecule has 2 aliphatic rings. The van der Waals surface area contributed by atoms with Gasteiger partial charge in [0.15, 0.2) is 5.78 Å². The van der Waals surface area contributed by atoms with Crippen molar-refractivity contribution in [2.24, 2.45) is 5.41 Å². The van der Waals surface area contributed by atoms with Gasteiger partial charge in [-0.15, -0.1) is 11.3 Å². The number of anilines is 1. The van der Waals surface area contributed by atoms with Crippen molar-refractivity contribution >= 4 is 22.9 Å². The number of aryl methyl sites for hydroxylation is 1. The Morgan fingerprint density at radius 1 is 1.28 bits per heavy atom. The lowest BCUT2D eigenvalue weighted by atomic mass is 9.62. The molecular formula is C21H24N2OS. The molecule has 1 atom stereocenters. The number of Topliss-reactive ketones (excluding diaryl/α,β-unsaturated/α-hetero) is 1. The Balaban J connectivity index is 2.04. The van der Waals surface area contributed by atoms with Crippen LogP contribution in [0, 0.1) is 12.3 Å². The second-order valence-corrected chi connectivity index (χ2v) is 8.93. The number of rotatable bonds is 2. The van der Waals surface area contributed by atoms with Crippen LogP contribution in [-0.4, -0.2) is 10.8 Å². The number of thiazole rings is 1. The Morgan fingerprint density at radius 3 is 2.80 bits per heavy atom. The first-order chi connectivity index (χ1) is 11.9. The fourth-order valence-corrected chi connectivity index (χ4v) is 5.59. The second-order valence-electron chi connectivity index (χ2n) is 8.08. The van der Waals surface area contributed by atoms with Crippen molar-refractivity contribution in [2.45, 2.75) is 52.4 Å². The molecule has 25 heavy (non-hydrogen) atoms. The molecule has 2 heterocycles. The number of benzene rings is 1. The Hall–Kier alpha value is -1.94. The van der Waals surface area contributed by atoms with E-state index in [1.165, 1.54) is 16.0 Å². The van der Waals surface area contributed by atoms with E-state index in [1.54, 1.807) is 11.3 Å². The zero-order chi connectivity index (χ0) is 17.8. The standard InChI is InChI=1S/C21H24N2OS/c1-5-21(14-8-6-7-13(2)9-14)17-15(10-20(3,4)11-16(17)24)23-19-18(21)25-12-22-19/h6-9,12,23H,5,10-11H2,1-4H3/t21-/m1/s1. The maximum absolute atomic E-state index is 13.3. The van der Waals surface area contributed by atoms with Gasteiger partial charge in [0.05, 0.1) is 15.8 Å². The van der Waals surface area contributed by atoms with Gasteiger partial charge < -0.3 is 5.32 Å². The van der Waals surface area contributed by atoms with Crippen LogP contribution in [0.2, 0.25) is 0 Å². The van der Waals surface area contributed by atoms with Crippen molar-refractivity contribution in [1.82, 2.24) is 4.98 Å². The quantitative estimate of drug-likeness (QED) is 0.806. The van der Waals surface area contributed by atoms with E-state index in [4.69, 9.17) is 0 Å². The maximum Gasteiger partial charge on any atom is 0.162 e. The summed E-state index contributed by atoms with van der Waals surface area (Å²) in [5, 5.41) is 3.50. The van der Waals surface area contributed by atoms with Gasteiger partial charge in [0.25, 0.3) is 0 Å². The minimum absolute atomic E-state index is 0.0114. The van der Waals surface area contributed by atoms with E-state index >= 15 is 0 Å². The molecule has 0 spiro atoms. The van der Waals surface area contributed by atoms with Crippen molar-refractivity contribution in [2.75, 3.05) is 5.32 Å². The van der Waals surface area contributed by atoms with E-state index in [2.05, 4.69) is 62.3 Å². The molecule has 0 radical (unpaired) electrons. The van der Waals surface area contributed by atoms with Crippen molar-refractivity contribution in [3.63, 3.8) is 0 Å². The van der Waals surface area contributed by atoms with Gasteiger partial charge in [0.2, 0.25) is 0 Å². The largest absolute Gasteiger partial charge is 0.342 e. The molecule has 0 unspecified atom stereocenters. The van der Waals surface area contributed by atoms with E-state index < -0.39 is 0 Å². The average molecular weight is 353 g/mol. The number of carbonyl (C=O) groups is 1. The molecule has 4 heteroatoms. The molecule has 0 saturated heterocycles. The molecular weight excluding hydrogens is 328 g/mol. The zero-order valence-corrected chi connectivity index (χ0v) is 16.1. The highest BCUT2D eigenvalue weighted by atomic mass is 32.1. The maximum atomic E-state index is 13.3. The average Bonchev–Trinajstić information content (AvgIpc) is 3.00. The lowest BCUT2D eigenvalue weighted by Gasteiger charge is -2.44.